The minimum absolute atomic E-state index is 0.0609. The molecule has 1 fully saturated rings. The van der Waals surface area contributed by atoms with E-state index in [9.17, 15) is 10.1 Å². The summed E-state index contributed by atoms with van der Waals surface area (Å²) in [6.07, 6.45) is 1.78. The van der Waals surface area contributed by atoms with E-state index in [-0.39, 0.29) is 17.9 Å². The summed E-state index contributed by atoms with van der Waals surface area (Å²) >= 11 is 0. The van der Waals surface area contributed by atoms with E-state index in [2.05, 4.69) is 11.4 Å². The highest BCUT2D eigenvalue weighted by atomic mass is 16.3. The zero-order valence-electron chi connectivity index (χ0n) is 12.0. The van der Waals surface area contributed by atoms with Crippen LogP contribution in [0.15, 0.2) is 48.5 Å². The molecule has 1 saturated carbocycles. The smallest absolute Gasteiger partial charge is 0.255 e. The molecule has 1 amide bonds. The fraction of sp³-hybridized carbons (Fsp3) is 0.222. The summed E-state index contributed by atoms with van der Waals surface area (Å²) in [6, 6.07) is 16.6. The van der Waals surface area contributed by atoms with Gasteiger partial charge in [0.2, 0.25) is 0 Å². The second kappa shape index (κ2) is 5.63. The van der Waals surface area contributed by atoms with E-state index in [1.54, 1.807) is 36.4 Å². The first kappa shape index (κ1) is 14.3. The van der Waals surface area contributed by atoms with Crippen LogP contribution < -0.4 is 5.32 Å². The van der Waals surface area contributed by atoms with Crippen LogP contribution in [0.2, 0.25) is 0 Å². The lowest BCUT2D eigenvalue weighted by Crippen LogP contribution is -2.12. The van der Waals surface area contributed by atoms with Gasteiger partial charge in [-0.2, -0.15) is 5.26 Å². The monoisotopic (exact) mass is 292 g/mol. The number of nitrogens with one attached hydrogen (secondary N) is 1. The molecule has 2 aromatic rings. The van der Waals surface area contributed by atoms with Crippen LogP contribution in [0, 0.1) is 11.3 Å². The van der Waals surface area contributed by atoms with Crippen LogP contribution in [0.3, 0.4) is 0 Å². The molecule has 2 aromatic carbocycles. The topological polar surface area (TPSA) is 73.1 Å². The molecule has 22 heavy (non-hydrogen) atoms. The van der Waals surface area contributed by atoms with Crippen molar-refractivity contribution in [1.82, 2.24) is 0 Å². The number of carbonyl (C=O) groups excluding carboxylic acids is 1. The van der Waals surface area contributed by atoms with Gasteiger partial charge < -0.3 is 10.4 Å². The van der Waals surface area contributed by atoms with Crippen molar-refractivity contribution >= 4 is 11.6 Å². The van der Waals surface area contributed by atoms with E-state index in [1.165, 1.54) is 0 Å². The average Bonchev–Trinajstić information content (AvgIpc) is 3.36. The first-order valence-electron chi connectivity index (χ1n) is 7.20. The molecule has 0 atom stereocenters. The predicted molar refractivity (Wildman–Crippen MR) is 83.3 cm³/mol. The van der Waals surface area contributed by atoms with E-state index < -0.39 is 0 Å². The molecule has 4 nitrogen and oxygen atoms in total. The highest BCUT2D eigenvalue weighted by Gasteiger charge is 2.44. The molecule has 110 valence electrons. The number of rotatable bonds is 4. The van der Waals surface area contributed by atoms with Gasteiger partial charge in [-0.1, -0.05) is 24.3 Å². The van der Waals surface area contributed by atoms with Crippen molar-refractivity contribution < 1.29 is 9.90 Å². The zero-order valence-corrected chi connectivity index (χ0v) is 12.0. The van der Waals surface area contributed by atoms with E-state index in [0.29, 0.717) is 11.3 Å². The van der Waals surface area contributed by atoms with Crippen molar-refractivity contribution in [3.05, 3.63) is 65.2 Å². The zero-order chi connectivity index (χ0) is 15.6. The molecule has 1 aliphatic rings. The standard InChI is InChI=1S/C18H16N2O2/c19-12-18(8-9-18)15-6-4-14(5-7-15)17(22)20-16-3-1-2-13(10-16)11-21/h1-7,10,21H,8-9,11H2,(H,20,22). The second-order valence-electron chi connectivity index (χ2n) is 5.58. The number of aliphatic hydroxyl groups is 1. The van der Waals surface area contributed by atoms with Crippen LogP contribution in [-0.2, 0) is 12.0 Å². The van der Waals surface area contributed by atoms with Gasteiger partial charge in [-0.15, -0.1) is 0 Å². The lowest BCUT2D eigenvalue weighted by atomic mass is 9.96. The number of nitrogens with zero attached hydrogens (tertiary/aromatic N) is 1. The molecular formula is C18H16N2O2. The lowest BCUT2D eigenvalue weighted by molar-refractivity contribution is 0.102. The summed E-state index contributed by atoms with van der Waals surface area (Å²) in [5.41, 5.74) is 2.60. The molecule has 0 radical (unpaired) electrons. The van der Waals surface area contributed by atoms with Gasteiger partial charge in [0.05, 0.1) is 18.1 Å². The predicted octanol–water partition coefficient (Wildman–Crippen LogP) is 2.99. The van der Waals surface area contributed by atoms with Gasteiger partial charge in [0.15, 0.2) is 0 Å². The van der Waals surface area contributed by atoms with Gasteiger partial charge in [0, 0.05) is 11.3 Å². The van der Waals surface area contributed by atoms with E-state index in [1.807, 2.05) is 12.1 Å². The molecular weight excluding hydrogens is 276 g/mol. The maximum Gasteiger partial charge on any atom is 0.255 e. The summed E-state index contributed by atoms with van der Waals surface area (Å²) < 4.78 is 0. The van der Waals surface area contributed by atoms with Crippen LogP contribution in [0.1, 0.15) is 34.3 Å². The molecule has 3 rings (SSSR count). The van der Waals surface area contributed by atoms with Crippen LogP contribution >= 0.6 is 0 Å². The van der Waals surface area contributed by atoms with Crippen LogP contribution in [-0.4, -0.2) is 11.0 Å². The summed E-state index contributed by atoms with van der Waals surface area (Å²) in [5.74, 6) is -0.205. The van der Waals surface area contributed by atoms with E-state index in [4.69, 9.17) is 5.11 Å². The van der Waals surface area contributed by atoms with Crippen molar-refractivity contribution in [3.63, 3.8) is 0 Å². The van der Waals surface area contributed by atoms with Crippen molar-refractivity contribution in [1.29, 1.82) is 5.26 Å². The molecule has 2 N–H and O–H groups in total. The minimum atomic E-state index is -0.329. The Balaban J connectivity index is 1.74. The highest BCUT2D eigenvalue weighted by Crippen LogP contribution is 2.47. The second-order valence-corrected chi connectivity index (χ2v) is 5.58. The molecule has 0 bridgehead atoms. The maximum absolute atomic E-state index is 12.2. The number of anilines is 1. The largest absolute Gasteiger partial charge is 0.392 e. The number of benzene rings is 2. The van der Waals surface area contributed by atoms with Crippen molar-refractivity contribution in [2.24, 2.45) is 0 Å². The van der Waals surface area contributed by atoms with E-state index in [0.717, 1.165) is 24.0 Å². The van der Waals surface area contributed by atoms with Crippen molar-refractivity contribution in [3.8, 4) is 6.07 Å². The third kappa shape index (κ3) is 2.72. The van der Waals surface area contributed by atoms with Crippen LogP contribution in [0.5, 0.6) is 0 Å². The normalized spacial score (nSPS) is 14.9. The van der Waals surface area contributed by atoms with E-state index >= 15 is 0 Å². The SMILES string of the molecule is N#CC1(c2ccc(C(=O)Nc3cccc(CO)c3)cc2)CC1. The Labute approximate surface area is 129 Å². The molecule has 1 aliphatic carbocycles. The number of amides is 1. The highest BCUT2D eigenvalue weighted by molar-refractivity contribution is 6.04. The molecule has 4 heteroatoms. The summed E-state index contributed by atoms with van der Waals surface area (Å²) in [5, 5.41) is 21.1. The Morgan fingerprint density at radius 1 is 1.23 bits per heavy atom. The minimum Gasteiger partial charge on any atom is -0.392 e. The Hall–Kier alpha value is -2.64. The Morgan fingerprint density at radius 2 is 1.95 bits per heavy atom. The molecule has 0 saturated heterocycles. The van der Waals surface area contributed by atoms with Crippen molar-refractivity contribution in [2.45, 2.75) is 24.9 Å². The number of nitriles is 1. The van der Waals surface area contributed by atoms with Gasteiger partial charge in [0.1, 0.15) is 0 Å². The Morgan fingerprint density at radius 3 is 2.55 bits per heavy atom. The molecule has 0 heterocycles. The Kier molecular flexibility index (Phi) is 3.66. The summed E-state index contributed by atoms with van der Waals surface area (Å²) in [4.78, 5) is 12.2. The third-order valence-electron chi connectivity index (χ3n) is 4.03. The number of aliphatic hydroxyl groups excluding tert-OH is 1. The lowest BCUT2D eigenvalue weighted by Gasteiger charge is -2.09. The third-order valence-corrected chi connectivity index (χ3v) is 4.03. The quantitative estimate of drug-likeness (QED) is 0.909. The van der Waals surface area contributed by atoms with Crippen LogP contribution in [0.25, 0.3) is 0 Å². The van der Waals surface area contributed by atoms with Gasteiger partial charge in [0.25, 0.3) is 5.91 Å². The average molecular weight is 292 g/mol. The number of hydrogen-bond acceptors (Lipinski definition) is 3. The van der Waals surface area contributed by atoms with Gasteiger partial charge in [-0.05, 0) is 48.2 Å². The van der Waals surface area contributed by atoms with Gasteiger partial charge in [-0.25, -0.2) is 0 Å². The number of hydrogen-bond donors (Lipinski definition) is 2. The molecule has 0 aromatic heterocycles. The number of carbonyl (C=O) groups is 1. The summed E-state index contributed by atoms with van der Waals surface area (Å²) in [6.45, 7) is -0.0609. The maximum atomic E-state index is 12.2. The Bertz CT molecular complexity index is 740. The summed E-state index contributed by atoms with van der Waals surface area (Å²) in [7, 11) is 0. The van der Waals surface area contributed by atoms with Crippen molar-refractivity contribution in [2.75, 3.05) is 5.32 Å². The fourth-order valence-corrected chi connectivity index (χ4v) is 2.48. The first-order chi connectivity index (χ1) is 10.7. The van der Waals surface area contributed by atoms with Gasteiger partial charge in [-0.3, -0.25) is 4.79 Å². The van der Waals surface area contributed by atoms with Gasteiger partial charge >= 0.3 is 0 Å². The molecule has 0 unspecified atom stereocenters. The van der Waals surface area contributed by atoms with Crippen LogP contribution in [0.4, 0.5) is 5.69 Å². The molecule has 0 spiro atoms. The fourth-order valence-electron chi connectivity index (χ4n) is 2.48. The molecule has 0 aliphatic heterocycles. The first-order valence-corrected chi connectivity index (χ1v) is 7.20.